The summed E-state index contributed by atoms with van der Waals surface area (Å²) in [7, 11) is 0. The third-order valence-corrected chi connectivity index (χ3v) is 7.86. The van der Waals surface area contributed by atoms with Crippen molar-refractivity contribution in [1.29, 1.82) is 0 Å². The molecule has 6 rings (SSSR count). The molecular formula is C19H22FIN7OP. The highest BCUT2D eigenvalue weighted by molar-refractivity contribution is 14.2. The van der Waals surface area contributed by atoms with E-state index in [1.165, 1.54) is 12.8 Å². The number of hydrogen-bond acceptors (Lipinski definition) is 6. The predicted molar refractivity (Wildman–Crippen MR) is 124 cm³/mol. The van der Waals surface area contributed by atoms with Crippen molar-refractivity contribution in [3.05, 3.63) is 18.5 Å². The van der Waals surface area contributed by atoms with E-state index in [0.29, 0.717) is 42.4 Å². The molecule has 1 aliphatic heterocycles. The molecule has 3 aliphatic rings. The molecular weight excluding hydrogens is 519 g/mol. The lowest BCUT2D eigenvalue weighted by atomic mass is 10.1. The fourth-order valence-corrected chi connectivity index (χ4v) is 4.97. The summed E-state index contributed by atoms with van der Waals surface area (Å²) in [4.78, 5) is 6.83. The van der Waals surface area contributed by atoms with Gasteiger partial charge in [0, 0.05) is 19.3 Å². The maximum atomic E-state index is 14.6. The Hall–Kier alpha value is -1.52. The standard InChI is InChI=1S/C19H22FIN7OP/c20-19(3-4-19)10-27-16-5-15(17-14(22)9-28(24-17)30-21)23-6-13(16)18(25-27)26-7-12(8-26)29-11-1-2-11/h5-6,9,11-12,30H,1-4,7-8,10,22H2. The number of nitrogens with two attached hydrogens (primary N) is 1. The topological polar surface area (TPSA) is 87.0 Å². The number of rotatable bonds is 7. The lowest BCUT2D eigenvalue weighted by Crippen LogP contribution is -2.53. The molecule has 3 fully saturated rings. The summed E-state index contributed by atoms with van der Waals surface area (Å²) in [6, 6.07) is 1.94. The molecule has 30 heavy (non-hydrogen) atoms. The van der Waals surface area contributed by atoms with Gasteiger partial charge in [0.1, 0.15) is 11.4 Å². The average molecular weight is 541 g/mol. The normalized spacial score (nSPS) is 21.1. The van der Waals surface area contributed by atoms with Gasteiger partial charge in [-0.15, -0.1) is 0 Å². The van der Waals surface area contributed by atoms with E-state index in [9.17, 15) is 4.39 Å². The van der Waals surface area contributed by atoms with Gasteiger partial charge in [0.05, 0.1) is 53.6 Å². The lowest BCUT2D eigenvalue weighted by molar-refractivity contribution is 0.0217. The summed E-state index contributed by atoms with van der Waals surface area (Å²) in [6.07, 6.45) is 8.35. The van der Waals surface area contributed by atoms with Crippen LogP contribution in [0.3, 0.4) is 0 Å². The Bertz CT molecular complexity index is 1120. The highest BCUT2D eigenvalue weighted by Gasteiger charge is 2.44. The van der Waals surface area contributed by atoms with Crippen molar-refractivity contribution in [2.75, 3.05) is 23.7 Å². The third-order valence-electron chi connectivity index (χ3n) is 5.97. The van der Waals surface area contributed by atoms with Crippen LogP contribution in [-0.2, 0) is 11.3 Å². The van der Waals surface area contributed by atoms with Gasteiger partial charge in [-0.3, -0.25) is 9.67 Å². The number of hydrogen-bond donors (Lipinski definition) is 1. The van der Waals surface area contributed by atoms with Crippen molar-refractivity contribution >= 4 is 50.8 Å². The zero-order valence-corrected chi connectivity index (χ0v) is 19.4. The van der Waals surface area contributed by atoms with Gasteiger partial charge in [-0.2, -0.15) is 10.2 Å². The number of alkyl halides is 1. The molecule has 8 nitrogen and oxygen atoms in total. The molecule has 2 N–H and O–H groups in total. The van der Waals surface area contributed by atoms with E-state index in [0.717, 1.165) is 29.8 Å². The van der Waals surface area contributed by atoms with Gasteiger partial charge in [-0.05, 0) is 53.8 Å². The minimum absolute atomic E-state index is 0.263. The molecule has 158 valence electrons. The number of nitrogens with zero attached hydrogens (tertiary/aromatic N) is 6. The number of halogens is 2. The summed E-state index contributed by atoms with van der Waals surface area (Å²) in [5.74, 6) is 0.858. The zero-order valence-electron chi connectivity index (χ0n) is 16.3. The predicted octanol–water partition coefficient (Wildman–Crippen LogP) is 3.54. The summed E-state index contributed by atoms with van der Waals surface area (Å²) >= 11 is 2.26. The zero-order chi connectivity index (χ0) is 20.5. The number of ether oxygens (including phenoxy) is 1. The average Bonchev–Trinajstić information content (AvgIpc) is 3.60. The van der Waals surface area contributed by atoms with Gasteiger partial charge in [0.25, 0.3) is 0 Å². The Morgan fingerprint density at radius 3 is 2.73 bits per heavy atom. The van der Waals surface area contributed by atoms with Crippen molar-refractivity contribution in [2.24, 2.45) is 0 Å². The second-order valence-corrected chi connectivity index (χ2v) is 10.6. The highest BCUT2D eigenvalue weighted by Crippen LogP contribution is 2.43. The van der Waals surface area contributed by atoms with Crippen LogP contribution in [0.1, 0.15) is 25.7 Å². The molecule has 0 aromatic carbocycles. The van der Waals surface area contributed by atoms with Crippen LogP contribution < -0.4 is 10.6 Å². The lowest BCUT2D eigenvalue weighted by Gasteiger charge is -2.39. The van der Waals surface area contributed by atoms with Crippen LogP contribution in [0.4, 0.5) is 15.9 Å². The summed E-state index contributed by atoms with van der Waals surface area (Å²) in [5.41, 5.74) is 7.81. The summed E-state index contributed by atoms with van der Waals surface area (Å²) in [5, 5.41) is 10.3. The van der Waals surface area contributed by atoms with Crippen molar-refractivity contribution < 1.29 is 9.13 Å². The van der Waals surface area contributed by atoms with E-state index in [-0.39, 0.29) is 12.6 Å². The molecule has 3 aromatic rings. The van der Waals surface area contributed by atoms with Crippen LogP contribution >= 0.6 is 28.4 Å². The largest absolute Gasteiger partial charge is 0.396 e. The Morgan fingerprint density at radius 2 is 2.07 bits per heavy atom. The minimum Gasteiger partial charge on any atom is -0.396 e. The van der Waals surface area contributed by atoms with Crippen molar-refractivity contribution in [3.8, 4) is 11.4 Å². The van der Waals surface area contributed by atoms with Gasteiger partial charge in [0.2, 0.25) is 0 Å². The van der Waals surface area contributed by atoms with Gasteiger partial charge in [-0.1, -0.05) is 0 Å². The molecule has 11 heteroatoms. The SMILES string of the molecule is Nc1cn(PI)nc1-c1cc2c(cn1)c(N1CC(OC3CC3)C1)nn2CC1(F)CC1. The monoisotopic (exact) mass is 541 g/mol. The first-order chi connectivity index (χ1) is 14.5. The van der Waals surface area contributed by atoms with Gasteiger partial charge in [-0.25, -0.2) is 8.84 Å². The molecule has 0 spiro atoms. The second-order valence-electron chi connectivity index (χ2n) is 8.54. The molecule has 1 saturated heterocycles. The van der Waals surface area contributed by atoms with Crippen LogP contribution in [0.5, 0.6) is 0 Å². The van der Waals surface area contributed by atoms with Gasteiger partial charge in [0.15, 0.2) is 5.82 Å². The maximum Gasteiger partial charge on any atom is 0.160 e. The fraction of sp³-hybridized carbons (Fsp3) is 0.526. The maximum absolute atomic E-state index is 14.6. The Balaban J connectivity index is 1.36. The molecule has 2 saturated carbocycles. The number of anilines is 2. The molecule has 0 amide bonds. The highest BCUT2D eigenvalue weighted by atomic mass is 127. The number of fused-ring (bicyclic) bond motifs is 1. The third kappa shape index (κ3) is 3.46. The number of nitrogen functional groups attached to an aromatic ring is 1. The second kappa shape index (κ2) is 7.00. The van der Waals surface area contributed by atoms with E-state index < -0.39 is 5.67 Å². The molecule has 1 unspecified atom stereocenters. The molecule has 2 aliphatic carbocycles. The molecule has 1 atom stereocenters. The van der Waals surface area contributed by atoms with E-state index >= 15 is 0 Å². The fourth-order valence-electron chi connectivity index (χ4n) is 3.90. The molecule has 0 radical (unpaired) electrons. The van der Waals surface area contributed by atoms with E-state index in [1.54, 1.807) is 9.13 Å². The molecule has 0 bridgehead atoms. The van der Waals surface area contributed by atoms with Gasteiger partial charge >= 0.3 is 0 Å². The quantitative estimate of drug-likeness (QED) is 0.364. The van der Waals surface area contributed by atoms with Crippen LogP contribution in [0, 0.1) is 0 Å². The smallest absolute Gasteiger partial charge is 0.160 e. The number of aromatic nitrogens is 5. The van der Waals surface area contributed by atoms with Crippen molar-refractivity contribution in [3.63, 3.8) is 0 Å². The van der Waals surface area contributed by atoms with E-state index in [4.69, 9.17) is 15.6 Å². The van der Waals surface area contributed by atoms with Crippen molar-refractivity contribution in [1.82, 2.24) is 24.3 Å². The minimum atomic E-state index is -1.14. The first-order valence-corrected chi connectivity index (χ1v) is 14.3. The van der Waals surface area contributed by atoms with E-state index in [2.05, 4.69) is 37.0 Å². The number of pyridine rings is 1. The molecule has 4 heterocycles. The Kier molecular flexibility index (Phi) is 4.47. The first-order valence-electron chi connectivity index (χ1n) is 10.2. The van der Waals surface area contributed by atoms with Crippen LogP contribution in [0.15, 0.2) is 18.5 Å². The van der Waals surface area contributed by atoms with Crippen LogP contribution in [-0.4, -0.2) is 55.3 Å². The first kappa shape index (κ1) is 19.2. The Labute approximate surface area is 187 Å². The van der Waals surface area contributed by atoms with E-state index in [1.807, 2.05) is 18.5 Å². The van der Waals surface area contributed by atoms with Gasteiger partial charge < -0.3 is 15.4 Å². The molecule has 3 aromatic heterocycles. The Morgan fingerprint density at radius 1 is 1.27 bits per heavy atom. The van der Waals surface area contributed by atoms with Crippen molar-refractivity contribution in [2.45, 2.75) is 50.1 Å². The summed E-state index contributed by atoms with van der Waals surface area (Å²) in [6.45, 7) is 1.90. The summed E-state index contributed by atoms with van der Waals surface area (Å²) < 4.78 is 24.2. The van der Waals surface area contributed by atoms with Crippen LogP contribution in [0.25, 0.3) is 22.3 Å². The van der Waals surface area contributed by atoms with Crippen LogP contribution in [0.2, 0.25) is 0 Å².